The Morgan fingerprint density at radius 2 is 1.28 bits per heavy atom. The van der Waals surface area contributed by atoms with Crippen LogP contribution in [0, 0.1) is 34.6 Å². The number of aryl methyl sites for hydroxylation is 1. The Labute approximate surface area is 146 Å². The third-order valence-corrected chi connectivity index (χ3v) is 6.29. The molecule has 130 valence electrons. The summed E-state index contributed by atoms with van der Waals surface area (Å²) in [6.07, 6.45) is 0. The molecule has 0 spiro atoms. The van der Waals surface area contributed by atoms with Crippen LogP contribution in [0.1, 0.15) is 59.7 Å². The number of carbonyl (C=O) groups is 2. The summed E-state index contributed by atoms with van der Waals surface area (Å²) in [5.41, 5.74) is 3.39. The summed E-state index contributed by atoms with van der Waals surface area (Å²) in [6, 6.07) is 3.37. The SMILES string of the molecule is Cc1ccc2c(c1C)C(=O)c1c(C)c(C)c(S(=O)(=O)O)c(C)c1C2=O. The lowest BCUT2D eigenvalue weighted by Gasteiger charge is -2.25. The maximum absolute atomic E-state index is 13.1. The van der Waals surface area contributed by atoms with Crippen molar-refractivity contribution >= 4 is 21.7 Å². The molecule has 0 aromatic heterocycles. The molecule has 0 heterocycles. The van der Waals surface area contributed by atoms with Crippen molar-refractivity contribution in [2.24, 2.45) is 0 Å². The van der Waals surface area contributed by atoms with E-state index in [1.165, 1.54) is 13.8 Å². The second-order valence-electron chi connectivity index (χ2n) is 6.52. The number of hydrogen-bond donors (Lipinski definition) is 1. The zero-order valence-electron chi connectivity index (χ0n) is 14.6. The van der Waals surface area contributed by atoms with E-state index in [2.05, 4.69) is 0 Å². The monoisotopic (exact) mass is 358 g/mol. The molecule has 1 aliphatic carbocycles. The van der Waals surface area contributed by atoms with E-state index in [4.69, 9.17) is 0 Å². The lowest BCUT2D eigenvalue weighted by molar-refractivity contribution is 0.0977. The van der Waals surface area contributed by atoms with Crippen LogP contribution in [0.4, 0.5) is 0 Å². The van der Waals surface area contributed by atoms with Crippen LogP contribution in [-0.2, 0) is 10.1 Å². The predicted octanol–water partition coefficient (Wildman–Crippen LogP) is 3.25. The normalized spacial score (nSPS) is 13.7. The molecule has 0 amide bonds. The summed E-state index contributed by atoms with van der Waals surface area (Å²) in [5.74, 6) is -0.672. The van der Waals surface area contributed by atoms with Gasteiger partial charge in [0.05, 0.1) is 0 Å². The molecule has 25 heavy (non-hydrogen) atoms. The van der Waals surface area contributed by atoms with E-state index in [1.807, 2.05) is 6.92 Å². The first-order valence-corrected chi connectivity index (χ1v) is 9.23. The second-order valence-corrected chi connectivity index (χ2v) is 7.88. The minimum atomic E-state index is -4.52. The van der Waals surface area contributed by atoms with Gasteiger partial charge >= 0.3 is 0 Å². The molecule has 5 nitrogen and oxygen atoms in total. The quantitative estimate of drug-likeness (QED) is 0.675. The van der Waals surface area contributed by atoms with Gasteiger partial charge in [-0.2, -0.15) is 8.42 Å². The van der Waals surface area contributed by atoms with E-state index in [-0.39, 0.29) is 38.5 Å². The van der Waals surface area contributed by atoms with Gasteiger partial charge in [0.15, 0.2) is 11.6 Å². The summed E-state index contributed by atoms with van der Waals surface area (Å²) >= 11 is 0. The van der Waals surface area contributed by atoms with Crippen molar-refractivity contribution in [3.05, 3.63) is 62.2 Å². The molecule has 0 atom stereocenters. The smallest absolute Gasteiger partial charge is 0.289 e. The molecule has 3 rings (SSSR count). The van der Waals surface area contributed by atoms with Crippen LogP contribution in [-0.4, -0.2) is 24.5 Å². The first-order valence-electron chi connectivity index (χ1n) is 7.79. The van der Waals surface area contributed by atoms with E-state index in [0.29, 0.717) is 11.1 Å². The summed E-state index contributed by atoms with van der Waals surface area (Å²) < 4.78 is 33.2. The van der Waals surface area contributed by atoms with Gasteiger partial charge in [0.25, 0.3) is 10.1 Å². The van der Waals surface area contributed by atoms with Crippen LogP contribution in [0.3, 0.4) is 0 Å². The Morgan fingerprint density at radius 3 is 1.84 bits per heavy atom. The molecule has 6 heteroatoms. The summed E-state index contributed by atoms with van der Waals surface area (Å²) in [7, 11) is -4.52. The van der Waals surface area contributed by atoms with Crippen LogP contribution in [0.25, 0.3) is 0 Å². The van der Waals surface area contributed by atoms with Gasteiger partial charge < -0.3 is 0 Å². The predicted molar refractivity (Wildman–Crippen MR) is 93.2 cm³/mol. The van der Waals surface area contributed by atoms with Gasteiger partial charge in [0, 0.05) is 22.3 Å². The number of fused-ring (bicyclic) bond motifs is 2. The van der Waals surface area contributed by atoms with E-state index in [0.717, 1.165) is 11.1 Å². The Morgan fingerprint density at radius 1 is 0.720 bits per heavy atom. The molecule has 0 saturated carbocycles. The molecule has 0 fully saturated rings. The topological polar surface area (TPSA) is 88.5 Å². The highest BCUT2D eigenvalue weighted by Gasteiger charge is 2.37. The lowest BCUT2D eigenvalue weighted by atomic mass is 9.77. The summed E-state index contributed by atoms with van der Waals surface area (Å²) in [6.45, 7) is 8.25. The Kier molecular flexibility index (Phi) is 3.74. The molecule has 2 aromatic carbocycles. The van der Waals surface area contributed by atoms with Crippen molar-refractivity contribution in [1.82, 2.24) is 0 Å². The Balaban J connectivity index is 2.51. The van der Waals surface area contributed by atoms with Crippen molar-refractivity contribution in [3.8, 4) is 0 Å². The highest BCUT2D eigenvalue weighted by Crippen LogP contribution is 2.38. The molecular weight excluding hydrogens is 340 g/mol. The molecule has 2 aromatic rings. The van der Waals surface area contributed by atoms with Gasteiger partial charge in [0.2, 0.25) is 0 Å². The van der Waals surface area contributed by atoms with Crippen molar-refractivity contribution in [2.45, 2.75) is 39.5 Å². The third kappa shape index (κ3) is 2.28. The van der Waals surface area contributed by atoms with Gasteiger partial charge in [-0.1, -0.05) is 12.1 Å². The van der Waals surface area contributed by atoms with Gasteiger partial charge in [-0.25, -0.2) is 0 Å². The largest absolute Gasteiger partial charge is 0.295 e. The van der Waals surface area contributed by atoms with Crippen molar-refractivity contribution in [3.63, 3.8) is 0 Å². The number of hydrogen-bond acceptors (Lipinski definition) is 4. The maximum atomic E-state index is 13.1. The second kappa shape index (κ2) is 5.34. The Hall–Kier alpha value is -2.31. The summed E-state index contributed by atoms with van der Waals surface area (Å²) in [4.78, 5) is 25.9. The number of carbonyl (C=O) groups excluding carboxylic acids is 2. The van der Waals surface area contributed by atoms with Crippen molar-refractivity contribution in [1.29, 1.82) is 0 Å². The first kappa shape index (κ1) is 17.5. The van der Waals surface area contributed by atoms with Crippen LogP contribution in [0.5, 0.6) is 0 Å². The summed E-state index contributed by atoms with van der Waals surface area (Å²) in [5, 5.41) is 0. The molecule has 1 aliphatic rings. The van der Waals surface area contributed by atoms with E-state index < -0.39 is 15.9 Å². The van der Waals surface area contributed by atoms with Gasteiger partial charge in [-0.15, -0.1) is 0 Å². The van der Waals surface area contributed by atoms with Gasteiger partial charge in [-0.05, 0) is 62.4 Å². The van der Waals surface area contributed by atoms with Crippen LogP contribution in [0.2, 0.25) is 0 Å². The lowest BCUT2D eigenvalue weighted by Crippen LogP contribution is -2.26. The van der Waals surface area contributed by atoms with Crippen LogP contribution >= 0.6 is 0 Å². The zero-order chi connectivity index (χ0) is 18.8. The average molecular weight is 358 g/mol. The molecular formula is C19H18O5S. The molecule has 0 radical (unpaired) electrons. The van der Waals surface area contributed by atoms with Gasteiger partial charge in [0.1, 0.15) is 4.90 Å². The molecule has 0 saturated heterocycles. The minimum absolute atomic E-state index is 0.0662. The first-order chi connectivity index (χ1) is 11.5. The number of benzene rings is 2. The minimum Gasteiger partial charge on any atom is -0.289 e. The standard InChI is InChI=1S/C19H18O5S/c1-8-6-7-13-14(9(8)2)18(21)15-10(3)11(4)19(25(22,23)24)12(5)16(15)17(13)20/h6-7H,1-5H3,(H,22,23,24). The van der Waals surface area contributed by atoms with E-state index >= 15 is 0 Å². The molecule has 0 bridgehead atoms. The number of ketones is 2. The Bertz CT molecular complexity index is 1090. The molecule has 0 unspecified atom stereocenters. The average Bonchev–Trinajstić information content (AvgIpc) is 2.49. The maximum Gasteiger partial charge on any atom is 0.295 e. The zero-order valence-corrected chi connectivity index (χ0v) is 15.5. The van der Waals surface area contributed by atoms with E-state index in [1.54, 1.807) is 26.0 Å². The fourth-order valence-corrected chi connectivity index (χ4v) is 4.67. The van der Waals surface area contributed by atoms with Crippen molar-refractivity contribution in [2.75, 3.05) is 0 Å². The third-order valence-electron chi connectivity index (χ3n) is 5.16. The van der Waals surface area contributed by atoms with Gasteiger partial charge in [-0.3, -0.25) is 14.1 Å². The fraction of sp³-hybridized carbons (Fsp3) is 0.263. The van der Waals surface area contributed by atoms with Crippen LogP contribution < -0.4 is 0 Å². The highest BCUT2D eigenvalue weighted by atomic mass is 32.2. The molecule has 0 aliphatic heterocycles. The van der Waals surface area contributed by atoms with Crippen molar-refractivity contribution < 1.29 is 22.6 Å². The number of rotatable bonds is 1. The highest BCUT2D eigenvalue weighted by molar-refractivity contribution is 7.86. The fourth-order valence-electron chi connectivity index (χ4n) is 3.64. The van der Waals surface area contributed by atoms with Crippen LogP contribution in [0.15, 0.2) is 17.0 Å². The molecule has 1 N–H and O–H groups in total. The van der Waals surface area contributed by atoms with E-state index in [9.17, 15) is 22.6 Å².